The van der Waals surface area contributed by atoms with Crippen molar-refractivity contribution in [2.75, 3.05) is 32.2 Å². The zero-order valence-corrected chi connectivity index (χ0v) is 19.0. The molecule has 1 fully saturated rings. The van der Waals surface area contributed by atoms with Crippen LogP contribution in [0, 0.1) is 0 Å². The van der Waals surface area contributed by atoms with Crippen LogP contribution in [0.1, 0.15) is 48.4 Å². The summed E-state index contributed by atoms with van der Waals surface area (Å²) in [5.41, 5.74) is 3.48. The third-order valence-corrected chi connectivity index (χ3v) is 6.57. The molecule has 0 bridgehead atoms. The highest BCUT2D eigenvalue weighted by atomic mass is 35.5. The fourth-order valence-corrected chi connectivity index (χ4v) is 5.02. The van der Waals surface area contributed by atoms with Gasteiger partial charge in [-0.2, -0.15) is 0 Å². The SMILES string of the molecule is COc1cccc(C2CCN(Cc3ccc([C@@H](C)CS(C)(=O)=O)cc3)CC2)n1.Cl. The predicted octanol–water partition coefficient (Wildman–Crippen LogP) is 4.04. The smallest absolute Gasteiger partial charge is 0.213 e. The van der Waals surface area contributed by atoms with E-state index in [4.69, 9.17) is 4.74 Å². The van der Waals surface area contributed by atoms with Crippen LogP contribution in [0.3, 0.4) is 0 Å². The van der Waals surface area contributed by atoms with Gasteiger partial charge in [0.2, 0.25) is 5.88 Å². The van der Waals surface area contributed by atoms with Gasteiger partial charge in [-0.15, -0.1) is 12.4 Å². The zero-order valence-electron chi connectivity index (χ0n) is 17.4. The van der Waals surface area contributed by atoms with Crippen molar-refractivity contribution in [3.8, 4) is 5.88 Å². The Morgan fingerprint density at radius 3 is 2.38 bits per heavy atom. The van der Waals surface area contributed by atoms with E-state index >= 15 is 0 Å². The predicted molar refractivity (Wildman–Crippen MR) is 120 cm³/mol. The van der Waals surface area contributed by atoms with Gasteiger partial charge in [0, 0.05) is 30.5 Å². The molecule has 0 N–H and O–H groups in total. The second-order valence-electron chi connectivity index (χ2n) is 7.89. The van der Waals surface area contributed by atoms with E-state index in [-0.39, 0.29) is 24.1 Å². The van der Waals surface area contributed by atoms with Gasteiger partial charge in [-0.05, 0) is 49.0 Å². The second-order valence-corrected chi connectivity index (χ2v) is 10.1. The van der Waals surface area contributed by atoms with Crippen LogP contribution in [-0.4, -0.2) is 50.5 Å². The number of pyridine rings is 1. The first-order valence-electron chi connectivity index (χ1n) is 9.84. The van der Waals surface area contributed by atoms with Crippen molar-refractivity contribution >= 4 is 22.2 Å². The third kappa shape index (κ3) is 6.98. The van der Waals surface area contributed by atoms with Gasteiger partial charge in [0.1, 0.15) is 9.84 Å². The van der Waals surface area contributed by atoms with E-state index in [1.807, 2.05) is 19.1 Å². The molecule has 7 heteroatoms. The first kappa shape index (κ1) is 23.6. The number of aromatic nitrogens is 1. The molecule has 0 saturated carbocycles. The van der Waals surface area contributed by atoms with Gasteiger partial charge < -0.3 is 4.74 Å². The topological polar surface area (TPSA) is 59.5 Å². The molecule has 3 rings (SSSR count). The number of halogens is 1. The van der Waals surface area contributed by atoms with Crippen molar-refractivity contribution in [2.45, 2.75) is 38.1 Å². The number of sulfone groups is 1. The summed E-state index contributed by atoms with van der Waals surface area (Å²) in [6, 6.07) is 14.4. The normalized spacial score (nSPS) is 16.8. The Morgan fingerprint density at radius 2 is 1.79 bits per heavy atom. The number of nitrogens with zero attached hydrogens (tertiary/aromatic N) is 2. The minimum absolute atomic E-state index is 0. The molecule has 1 atom stereocenters. The molecule has 0 radical (unpaired) electrons. The standard InChI is InChI=1S/C22H30N2O3S.ClH/c1-17(16-28(3,25)26)19-9-7-18(8-10-19)15-24-13-11-20(12-14-24)21-5-4-6-22(23-21)27-2;/h4-10,17,20H,11-16H2,1-3H3;1H/t17-;/m0./s1. The van der Waals surface area contributed by atoms with Gasteiger partial charge in [0.15, 0.2) is 0 Å². The molecule has 1 aromatic carbocycles. The summed E-state index contributed by atoms with van der Waals surface area (Å²) in [4.78, 5) is 7.07. The molecule has 1 aliphatic rings. The van der Waals surface area contributed by atoms with Crippen LogP contribution in [0.5, 0.6) is 5.88 Å². The maximum atomic E-state index is 11.5. The van der Waals surface area contributed by atoms with E-state index < -0.39 is 9.84 Å². The average Bonchev–Trinajstić information content (AvgIpc) is 2.68. The van der Waals surface area contributed by atoms with Crippen molar-refractivity contribution in [1.82, 2.24) is 9.88 Å². The van der Waals surface area contributed by atoms with Crippen LogP contribution in [0.2, 0.25) is 0 Å². The van der Waals surface area contributed by atoms with Gasteiger partial charge in [0.25, 0.3) is 0 Å². The monoisotopic (exact) mass is 438 g/mol. The molecule has 0 spiro atoms. The molecule has 2 aromatic rings. The molecule has 5 nitrogen and oxygen atoms in total. The molecule has 0 aliphatic carbocycles. The summed E-state index contributed by atoms with van der Waals surface area (Å²) in [5, 5.41) is 0. The fraction of sp³-hybridized carbons (Fsp3) is 0.500. The van der Waals surface area contributed by atoms with Crippen LogP contribution in [0.25, 0.3) is 0 Å². The van der Waals surface area contributed by atoms with Crippen LogP contribution < -0.4 is 4.74 Å². The Morgan fingerprint density at radius 1 is 1.14 bits per heavy atom. The lowest BCUT2D eigenvalue weighted by atomic mass is 9.92. The van der Waals surface area contributed by atoms with E-state index in [1.54, 1.807) is 7.11 Å². The second kappa shape index (κ2) is 10.4. The highest BCUT2D eigenvalue weighted by Crippen LogP contribution is 2.28. The number of benzene rings is 1. The minimum atomic E-state index is -2.96. The van der Waals surface area contributed by atoms with E-state index in [0.29, 0.717) is 11.8 Å². The van der Waals surface area contributed by atoms with Gasteiger partial charge in [0.05, 0.1) is 12.9 Å². The van der Waals surface area contributed by atoms with Gasteiger partial charge in [-0.3, -0.25) is 4.90 Å². The van der Waals surface area contributed by atoms with Crippen LogP contribution in [0.15, 0.2) is 42.5 Å². The van der Waals surface area contributed by atoms with Crippen molar-refractivity contribution in [1.29, 1.82) is 0 Å². The van der Waals surface area contributed by atoms with E-state index in [2.05, 4.69) is 40.2 Å². The highest BCUT2D eigenvalue weighted by Gasteiger charge is 2.22. The number of hydrogen-bond acceptors (Lipinski definition) is 5. The average molecular weight is 439 g/mol. The Bertz CT molecular complexity index is 879. The molecule has 29 heavy (non-hydrogen) atoms. The molecule has 1 saturated heterocycles. The molecule has 1 aliphatic heterocycles. The Labute approximate surface area is 180 Å². The lowest BCUT2D eigenvalue weighted by Gasteiger charge is -2.31. The lowest BCUT2D eigenvalue weighted by Crippen LogP contribution is -2.32. The van der Waals surface area contributed by atoms with Crippen LogP contribution in [-0.2, 0) is 16.4 Å². The summed E-state index contributed by atoms with van der Waals surface area (Å²) in [6.07, 6.45) is 3.50. The molecule has 0 unspecified atom stereocenters. The van der Waals surface area contributed by atoms with Crippen molar-refractivity contribution in [3.05, 3.63) is 59.3 Å². The summed E-state index contributed by atoms with van der Waals surface area (Å²) >= 11 is 0. The zero-order chi connectivity index (χ0) is 20.1. The minimum Gasteiger partial charge on any atom is -0.481 e. The molecule has 160 valence electrons. The van der Waals surface area contributed by atoms with Crippen LogP contribution in [0.4, 0.5) is 0 Å². The number of likely N-dealkylation sites (tertiary alicyclic amines) is 1. The summed E-state index contributed by atoms with van der Waals surface area (Å²) in [5.74, 6) is 1.39. The third-order valence-electron chi connectivity index (χ3n) is 5.47. The van der Waals surface area contributed by atoms with Gasteiger partial charge in [-0.1, -0.05) is 37.3 Å². The Hall–Kier alpha value is -1.63. The van der Waals surface area contributed by atoms with Crippen molar-refractivity contribution in [2.24, 2.45) is 0 Å². The number of piperidine rings is 1. The molecule has 1 aromatic heterocycles. The quantitative estimate of drug-likeness (QED) is 0.652. The maximum Gasteiger partial charge on any atom is 0.213 e. The number of methoxy groups -OCH3 is 1. The Balaban J connectivity index is 0.00000300. The Kier molecular flexibility index (Phi) is 8.49. The molecular formula is C22H31ClN2O3S. The van der Waals surface area contributed by atoms with Gasteiger partial charge in [-0.25, -0.2) is 13.4 Å². The number of rotatable bonds is 7. The summed E-state index contributed by atoms with van der Waals surface area (Å²) in [6.45, 7) is 5.00. The molecule has 0 amide bonds. The van der Waals surface area contributed by atoms with Crippen LogP contribution >= 0.6 is 12.4 Å². The number of hydrogen-bond donors (Lipinski definition) is 0. The highest BCUT2D eigenvalue weighted by molar-refractivity contribution is 7.90. The first-order valence-corrected chi connectivity index (χ1v) is 11.9. The molecule has 2 heterocycles. The summed E-state index contributed by atoms with van der Waals surface area (Å²) < 4.78 is 28.2. The van der Waals surface area contributed by atoms with Gasteiger partial charge >= 0.3 is 0 Å². The molecular weight excluding hydrogens is 408 g/mol. The van der Waals surface area contributed by atoms with E-state index in [0.717, 1.165) is 43.7 Å². The first-order chi connectivity index (χ1) is 13.3. The van der Waals surface area contributed by atoms with E-state index in [1.165, 1.54) is 11.8 Å². The van der Waals surface area contributed by atoms with Crippen molar-refractivity contribution < 1.29 is 13.2 Å². The number of ether oxygens (including phenoxy) is 1. The summed E-state index contributed by atoms with van der Waals surface area (Å²) in [7, 11) is -1.30. The maximum absolute atomic E-state index is 11.5. The van der Waals surface area contributed by atoms with Crippen molar-refractivity contribution in [3.63, 3.8) is 0 Å². The largest absolute Gasteiger partial charge is 0.481 e. The van der Waals surface area contributed by atoms with E-state index in [9.17, 15) is 8.42 Å². The lowest BCUT2D eigenvalue weighted by molar-refractivity contribution is 0.203. The fourth-order valence-electron chi connectivity index (χ4n) is 3.92.